The van der Waals surface area contributed by atoms with E-state index in [1.807, 2.05) is 10.7 Å². The summed E-state index contributed by atoms with van der Waals surface area (Å²) >= 11 is 0. The highest BCUT2D eigenvalue weighted by Gasteiger charge is 2.36. The van der Waals surface area contributed by atoms with E-state index in [-0.39, 0.29) is 17.1 Å². The third-order valence-electron chi connectivity index (χ3n) is 8.62. The first-order valence-electron chi connectivity index (χ1n) is 13.8. The molecule has 5 rings (SSSR count). The Morgan fingerprint density at radius 1 is 1.06 bits per heavy atom. The predicted molar refractivity (Wildman–Crippen MR) is 143 cm³/mol. The standard InChI is InChI=1S/C28H41N7O/c1-5-20-12-13-24-21(18-20)19-23(27(36)29-24)25(26-30-31-32-35(26)28(3,4)6-2)34-16-14-33(15-17-34)22-10-8-7-9-11-22/h12-13,18-19,22,25H,5-11,14-17H2,1-4H3,(H,29,36). The number of aromatic amines is 1. The first-order chi connectivity index (χ1) is 17.4. The Morgan fingerprint density at radius 2 is 1.81 bits per heavy atom. The largest absolute Gasteiger partial charge is 0.322 e. The molecule has 1 saturated heterocycles. The molecule has 1 unspecified atom stereocenters. The van der Waals surface area contributed by atoms with Crippen molar-refractivity contribution in [1.29, 1.82) is 0 Å². The van der Waals surface area contributed by atoms with E-state index in [0.29, 0.717) is 6.04 Å². The molecule has 194 valence electrons. The molecule has 1 N–H and O–H groups in total. The monoisotopic (exact) mass is 491 g/mol. The normalized spacial score (nSPS) is 19.7. The summed E-state index contributed by atoms with van der Waals surface area (Å²) in [5.41, 5.74) is 2.55. The molecule has 1 aromatic carbocycles. The van der Waals surface area contributed by atoms with Gasteiger partial charge in [0.1, 0.15) is 6.04 Å². The van der Waals surface area contributed by atoms with Crippen LogP contribution >= 0.6 is 0 Å². The van der Waals surface area contributed by atoms with Crippen LogP contribution in [0.5, 0.6) is 0 Å². The van der Waals surface area contributed by atoms with E-state index in [1.165, 1.54) is 37.7 Å². The first kappa shape index (κ1) is 25.1. The summed E-state index contributed by atoms with van der Waals surface area (Å²) in [5.74, 6) is 0.754. The maximum Gasteiger partial charge on any atom is 0.253 e. The van der Waals surface area contributed by atoms with Gasteiger partial charge in [-0.15, -0.1) is 5.10 Å². The van der Waals surface area contributed by atoms with Crippen molar-refractivity contribution < 1.29 is 0 Å². The summed E-state index contributed by atoms with van der Waals surface area (Å²) in [6, 6.07) is 8.78. The number of nitrogens with one attached hydrogen (secondary N) is 1. The molecule has 0 radical (unpaired) electrons. The van der Waals surface area contributed by atoms with Gasteiger partial charge in [0, 0.05) is 43.3 Å². The minimum Gasteiger partial charge on any atom is -0.322 e. The zero-order valence-corrected chi connectivity index (χ0v) is 22.3. The molecule has 1 saturated carbocycles. The lowest BCUT2D eigenvalue weighted by molar-refractivity contribution is 0.0603. The minimum atomic E-state index is -0.294. The van der Waals surface area contributed by atoms with Gasteiger partial charge in [0.05, 0.1) is 5.54 Å². The van der Waals surface area contributed by atoms with Gasteiger partial charge < -0.3 is 4.98 Å². The fraction of sp³-hybridized carbons (Fsp3) is 0.643. The van der Waals surface area contributed by atoms with Gasteiger partial charge in [-0.1, -0.05) is 39.2 Å². The third-order valence-corrected chi connectivity index (χ3v) is 8.62. The van der Waals surface area contributed by atoms with Crippen molar-refractivity contribution in [3.05, 3.63) is 51.6 Å². The van der Waals surface area contributed by atoms with Crippen molar-refractivity contribution in [2.24, 2.45) is 0 Å². The highest BCUT2D eigenvalue weighted by Crippen LogP contribution is 2.32. The van der Waals surface area contributed by atoms with Crippen molar-refractivity contribution >= 4 is 10.9 Å². The van der Waals surface area contributed by atoms with Gasteiger partial charge in [0.15, 0.2) is 5.82 Å². The predicted octanol–water partition coefficient (Wildman–Crippen LogP) is 4.26. The number of aryl methyl sites for hydroxylation is 1. The summed E-state index contributed by atoms with van der Waals surface area (Å²) in [6.45, 7) is 12.4. The number of hydrogen-bond donors (Lipinski definition) is 1. The van der Waals surface area contributed by atoms with E-state index in [2.05, 4.69) is 76.2 Å². The third kappa shape index (κ3) is 4.85. The van der Waals surface area contributed by atoms with E-state index in [1.54, 1.807) is 0 Å². The number of rotatable bonds is 7. The summed E-state index contributed by atoms with van der Waals surface area (Å²) in [5, 5.41) is 14.1. The maximum absolute atomic E-state index is 13.5. The number of benzene rings is 1. The number of pyridine rings is 1. The molecule has 2 aliphatic rings. The molecular formula is C28H41N7O. The molecule has 2 fully saturated rings. The molecule has 36 heavy (non-hydrogen) atoms. The first-order valence-corrected chi connectivity index (χ1v) is 13.8. The average Bonchev–Trinajstić information content (AvgIpc) is 3.40. The summed E-state index contributed by atoms with van der Waals surface area (Å²) in [4.78, 5) is 21.8. The van der Waals surface area contributed by atoms with Crippen molar-refractivity contribution in [1.82, 2.24) is 35.0 Å². The zero-order chi connectivity index (χ0) is 25.3. The lowest BCUT2D eigenvalue weighted by Gasteiger charge is -2.43. The van der Waals surface area contributed by atoms with Gasteiger partial charge >= 0.3 is 0 Å². The summed E-state index contributed by atoms with van der Waals surface area (Å²) in [6.07, 6.45) is 8.55. The van der Waals surface area contributed by atoms with E-state index < -0.39 is 0 Å². The molecule has 3 aromatic rings. The number of hydrogen-bond acceptors (Lipinski definition) is 6. The van der Waals surface area contributed by atoms with Crippen LogP contribution in [0, 0.1) is 0 Å². The van der Waals surface area contributed by atoms with Crippen molar-refractivity contribution in [2.75, 3.05) is 26.2 Å². The van der Waals surface area contributed by atoms with E-state index in [4.69, 9.17) is 0 Å². The highest BCUT2D eigenvalue weighted by molar-refractivity contribution is 5.80. The number of fused-ring (bicyclic) bond motifs is 1. The van der Waals surface area contributed by atoms with Gasteiger partial charge in [0.2, 0.25) is 0 Å². The smallest absolute Gasteiger partial charge is 0.253 e. The van der Waals surface area contributed by atoms with E-state index in [0.717, 1.165) is 61.3 Å². The van der Waals surface area contributed by atoms with Crippen molar-refractivity contribution in [3.63, 3.8) is 0 Å². The van der Waals surface area contributed by atoms with Crippen LogP contribution in [0.15, 0.2) is 29.1 Å². The summed E-state index contributed by atoms with van der Waals surface area (Å²) < 4.78 is 1.94. The van der Waals surface area contributed by atoms with Crippen LogP contribution < -0.4 is 5.56 Å². The Balaban J connectivity index is 1.54. The molecular weight excluding hydrogens is 450 g/mol. The summed E-state index contributed by atoms with van der Waals surface area (Å²) in [7, 11) is 0. The van der Waals surface area contributed by atoms with E-state index >= 15 is 0 Å². The number of H-pyrrole nitrogens is 1. The Labute approximate surface area is 214 Å². The maximum atomic E-state index is 13.5. The van der Waals surface area contributed by atoms with Gasteiger partial charge in [-0.05, 0) is 79.1 Å². The molecule has 0 amide bonds. The molecule has 2 aromatic heterocycles. The molecule has 0 spiro atoms. The Bertz CT molecular complexity index is 1230. The Hall–Kier alpha value is -2.58. The molecule has 3 heterocycles. The topological polar surface area (TPSA) is 82.9 Å². The number of nitrogens with zero attached hydrogens (tertiary/aromatic N) is 6. The van der Waals surface area contributed by atoms with Gasteiger partial charge in [-0.3, -0.25) is 14.6 Å². The van der Waals surface area contributed by atoms with E-state index in [9.17, 15) is 4.79 Å². The van der Waals surface area contributed by atoms with Crippen LogP contribution in [0.3, 0.4) is 0 Å². The average molecular weight is 492 g/mol. The van der Waals surface area contributed by atoms with Crippen molar-refractivity contribution in [3.8, 4) is 0 Å². The lowest BCUT2D eigenvalue weighted by Crippen LogP contribution is -2.52. The second kappa shape index (κ2) is 10.4. The molecule has 1 atom stereocenters. The lowest BCUT2D eigenvalue weighted by atomic mass is 9.93. The van der Waals surface area contributed by atoms with Crippen LogP contribution in [0.4, 0.5) is 0 Å². The molecule has 1 aliphatic heterocycles. The van der Waals surface area contributed by atoms with Gasteiger partial charge in [0.25, 0.3) is 5.56 Å². The Morgan fingerprint density at radius 3 is 2.50 bits per heavy atom. The Kier molecular flexibility index (Phi) is 7.26. The second-order valence-electron chi connectivity index (χ2n) is 11.2. The van der Waals surface area contributed by atoms with Crippen LogP contribution in [0.1, 0.15) is 89.2 Å². The quantitative estimate of drug-likeness (QED) is 0.532. The number of aromatic nitrogens is 5. The van der Waals surface area contributed by atoms with Crippen LogP contribution in [0.25, 0.3) is 10.9 Å². The molecule has 1 aliphatic carbocycles. The van der Waals surface area contributed by atoms with Gasteiger partial charge in [-0.25, -0.2) is 4.68 Å². The second-order valence-corrected chi connectivity index (χ2v) is 11.2. The van der Waals surface area contributed by atoms with Gasteiger partial charge in [-0.2, -0.15) is 0 Å². The number of piperazine rings is 1. The fourth-order valence-corrected chi connectivity index (χ4v) is 5.95. The van der Waals surface area contributed by atoms with Crippen LogP contribution in [-0.4, -0.2) is 67.2 Å². The molecule has 8 heteroatoms. The highest BCUT2D eigenvalue weighted by atomic mass is 16.1. The number of tetrazole rings is 1. The zero-order valence-electron chi connectivity index (χ0n) is 22.3. The van der Waals surface area contributed by atoms with Crippen LogP contribution in [0.2, 0.25) is 0 Å². The minimum absolute atomic E-state index is 0.0599. The fourth-order valence-electron chi connectivity index (χ4n) is 5.95. The molecule has 0 bridgehead atoms. The van der Waals surface area contributed by atoms with Crippen LogP contribution in [-0.2, 0) is 12.0 Å². The molecule has 8 nitrogen and oxygen atoms in total. The van der Waals surface area contributed by atoms with Crippen molar-refractivity contribution in [2.45, 2.75) is 90.3 Å². The SMILES string of the molecule is CCc1ccc2[nH]c(=O)c(C(c3nnnn3C(C)(C)CC)N3CCN(C4CCCCC4)CC3)cc2c1.